The molecule has 0 unspecified atom stereocenters. The molecule has 1 N–H and O–H groups in total. The first-order chi connectivity index (χ1) is 12.7. The Kier molecular flexibility index (Phi) is 6.32. The topological polar surface area (TPSA) is 76.1 Å². The van der Waals surface area contributed by atoms with Crippen LogP contribution in [0.2, 0.25) is 10.3 Å². The van der Waals surface area contributed by atoms with E-state index in [9.17, 15) is 26.4 Å². The Labute approximate surface area is 169 Å². The van der Waals surface area contributed by atoms with Crippen LogP contribution in [0.1, 0.15) is 29.8 Å². The molecule has 0 spiro atoms. The summed E-state index contributed by atoms with van der Waals surface area (Å²) in [6.45, 7) is 2.24. The van der Waals surface area contributed by atoms with Crippen LogP contribution in [0.25, 0.3) is 0 Å². The van der Waals surface area contributed by atoms with E-state index < -0.39 is 37.1 Å². The average molecular weight is 455 g/mol. The Hall–Kier alpha value is -1.84. The SMILES string of the molecule is CC(C)(CNC(=O)c1cc(Cl)nc(Cl)c1)S(=O)(=O)c1cccc(C(F)(F)F)c1. The highest BCUT2D eigenvalue weighted by atomic mass is 35.5. The fourth-order valence-electron chi connectivity index (χ4n) is 2.24. The summed E-state index contributed by atoms with van der Waals surface area (Å²) in [5, 5.41) is 2.39. The molecule has 1 amide bonds. The summed E-state index contributed by atoms with van der Waals surface area (Å²) < 4.78 is 62.7. The van der Waals surface area contributed by atoms with Crippen LogP contribution in [0.3, 0.4) is 0 Å². The van der Waals surface area contributed by atoms with E-state index in [2.05, 4.69) is 10.3 Å². The lowest BCUT2D eigenvalue weighted by molar-refractivity contribution is -0.137. The number of amides is 1. The van der Waals surface area contributed by atoms with Crippen molar-refractivity contribution in [1.82, 2.24) is 10.3 Å². The van der Waals surface area contributed by atoms with Crippen LogP contribution in [0, 0.1) is 0 Å². The van der Waals surface area contributed by atoms with Crippen molar-refractivity contribution in [2.24, 2.45) is 0 Å². The standard InChI is InChI=1S/C17H15Cl2F3N2O3S/c1-16(2,9-23-15(25)10-6-13(18)24-14(19)7-10)28(26,27)12-5-3-4-11(8-12)17(20,21)22/h3-8H,9H2,1-2H3,(H,23,25). The van der Waals surface area contributed by atoms with Gasteiger partial charge < -0.3 is 5.32 Å². The van der Waals surface area contributed by atoms with E-state index in [1.807, 2.05) is 0 Å². The summed E-state index contributed by atoms with van der Waals surface area (Å²) in [7, 11) is -4.19. The molecule has 2 rings (SSSR count). The minimum absolute atomic E-state index is 0.0199. The van der Waals surface area contributed by atoms with Crippen molar-refractivity contribution in [3.05, 3.63) is 57.8 Å². The molecule has 152 valence electrons. The molecule has 2 aromatic rings. The maximum Gasteiger partial charge on any atom is 0.416 e. The summed E-state index contributed by atoms with van der Waals surface area (Å²) in [5.41, 5.74) is -1.01. The van der Waals surface area contributed by atoms with Crippen LogP contribution in [0.15, 0.2) is 41.3 Å². The number of halogens is 5. The van der Waals surface area contributed by atoms with Gasteiger partial charge in [-0.2, -0.15) is 13.2 Å². The van der Waals surface area contributed by atoms with Crippen LogP contribution in [-0.2, 0) is 16.0 Å². The van der Waals surface area contributed by atoms with Gasteiger partial charge in [0.15, 0.2) is 9.84 Å². The van der Waals surface area contributed by atoms with Crippen LogP contribution in [0.4, 0.5) is 13.2 Å². The Balaban J connectivity index is 2.24. The van der Waals surface area contributed by atoms with E-state index in [0.29, 0.717) is 6.07 Å². The van der Waals surface area contributed by atoms with Crippen molar-refractivity contribution in [2.75, 3.05) is 6.54 Å². The van der Waals surface area contributed by atoms with Gasteiger partial charge in [0, 0.05) is 12.1 Å². The maximum absolute atomic E-state index is 12.9. The first-order valence-electron chi connectivity index (χ1n) is 7.77. The van der Waals surface area contributed by atoms with Gasteiger partial charge >= 0.3 is 6.18 Å². The second-order valence-electron chi connectivity index (χ2n) is 6.47. The van der Waals surface area contributed by atoms with E-state index >= 15 is 0 Å². The lowest BCUT2D eigenvalue weighted by Crippen LogP contribution is -2.44. The summed E-state index contributed by atoms with van der Waals surface area (Å²) >= 11 is 11.5. The summed E-state index contributed by atoms with van der Waals surface area (Å²) in [6, 6.07) is 5.95. The van der Waals surface area contributed by atoms with Crippen molar-refractivity contribution in [3.63, 3.8) is 0 Å². The highest BCUT2D eigenvalue weighted by molar-refractivity contribution is 7.92. The number of hydrogen-bond donors (Lipinski definition) is 1. The summed E-state index contributed by atoms with van der Waals surface area (Å²) in [6.07, 6.45) is -4.68. The van der Waals surface area contributed by atoms with Crippen molar-refractivity contribution in [2.45, 2.75) is 29.7 Å². The zero-order chi connectivity index (χ0) is 21.3. The summed E-state index contributed by atoms with van der Waals surface area (Å²) in [4.78, 5) is 15.5. The molecule has 0 aliphatic heterocycles. The van der Waals surface area contributed by atoms with Crippen molar-refractivity contribution < 1.29 is 26.4 Å². The summed E-state index contributed by atoms with van der Waals surface area (Å²) in [5.74, 6) is -0.654. The van der Waals surface area contributed by atoms with E-state index in [1.54, 1.807) is 0 Å². The molecule has 0 aliphatic rings. The van der Waals surface area contributed by atoms with Gasteiger partial charge in [-0.05, 0) is 44.2 Å². The second kappa shape index (κ2) is 7.88. The fourth-order valence-corrected chi connectivity index (χ4v) is 4.15. The van der Waals surface area contributed by atoms with Crippen LogP contribution in [-0.4, -0.2) is 30.6 Å². The van der Waals surface area contributed by atoms with E-state index in [4.69, 9.17) is 23.2 Å². The van der Waals surface area contributed by atoms with Gasteiger partial charge in [-0.3, -0.25) is 4.79 Å². The number of sulfone groups is 1. The predicted octanol–water partition coefficient (Wildman–Crippen LogP) is 4.39. The number of benzene rings is 1. The van der Waals surface area contributed by atoms with Gasteiger partial charge in [0.1, 0.15) is 10.3 Å². The number of hydrogen-bond acceptors (Lipinski definition) is 4. The minimum atomic E-state index is -4.68. The molecular weight excluding hydrogens is 440 g/mol. The first-order valence-corrected chi connectivity index (χ1v) is 10.0. The Bertz CT molecular complexity index is 989. The third-order valence-electron chi connectivity index (χ3n) is 3.90. The second-order valence-corrected chi connectivity index (χ2v) is 9.83. The van der Waals surface area contributed by atoms with Crippen molar-refractivity contribution >= 4 is 38.9 Å². The largest absolute Gasteiger partial charge is 0.416 e. The first kappa shape index (κ1) is 22.4. The number of alkyl halides is 3. The molecule has 0 bridgehead atoms. The molecule has 0 aliphatic carbocycles. The molecule has 0 saturated carbocycles. The van der Waals surface area contributed by atoms with Gasteiger partial charge in [0.2, 0.25) is 0 Å². The molecule has 1 aromatic heterocycles. The normalized spacial score (nSPS) is 12.7. The number of nitrogens with one attached hydrogen (secondary N) is 1. The number of pyridine rings is 1. The van der Waals surface area contributed by atoms with Gasteiger partial charge in [-0.1, -0.05) is 29.3 Å². The monoisotopic (exact) mass is 454 g/mol. The van der Waals surface area contributed by atoms with Crippen LogP contribution < -0.4 is 5.32 Å². The number of carbonyl (C=O) groups excluding carboxylic acids is 1. The van der Waals surface area contributed by atoms with E-state index in [-0.39, 0.29) is 22.4 Å². The molecule has 28 heavy (non-hydrogen) atoms. The molecule has 1 aromatic carbocycles. The predicted molar refractivity (Wildman–Crippen MR) is 99.3 cm³/mol. The third-order valence-corrected chi connectivity index (χ3v) is 6.76. The van der Waals surface area contributed by atoms with Gasteiger partial charge in [0.25, 0.3) is 5.91 Å². The van der Waals surface area contributed by atoms with E-state index in [1.165, 1.54) is 26.0 Å². The fraction of sp³-hybridized carbons (Fsp3) is 0.294. The number of nitrogens with zero attached hydrogens (tertiary/aromatic N) is 1. The number of carbonyl (C=O) groups is 1. The van der Waals surface area contributed by atoms with E-state index in [0.717, 1.165) is 18.2 Å². The molecule has 5 nitrogen and oxygen atoms in total. The Morgan fingerprint density at radius 2 is 1.68 bits per heavy atom. The average Bonchev–Trinajstić information content (AvgIpc) is 2.58. The Morgan fingerprint density at radius 3 is 2.21 bits per heavy atom. The van der Waals surface area contributed by atoms with Gasteiger partial charge in [-0.25, -0.2) is 13.4 Å². The zero-order valence-corrected chi connectivity index (χ0v) is 17.0. The quantitative estimate of drug-likeness (QED) is 0.679. The highest BCUT2D eigenvalue weighted by Gasteiger charge is 2.38. The van der Waals surface area contributed by atoms with Crippen LogP contribution >= 0.6 is 23.2 Å². The number of aromatic nitrogens is 1. The zero-order valence-electron chi connectivity index (χ0n) is 14.6. The lowest BCUT2D eigenvalue weighted by Gasteiger charge is -2.25. The molecular formula is C17H15Cl2F3N2O3S. The van der Waals surface area contributed by atoms with Crippen molar-refractivity contribution in [1.29, 1.82) is 0 Å². The maximum atomic E-state index is 12.9. The molecule has 0 saturated heterocycles. The molecule has 0 radical (unpaired) electrons. The van der Waals surface area contributed by atoms with Crippen molar-refractivity contribution in [3.8, 4) is 0 Å². The molecule has 11 heteroatoms. The smallest absolute Gasteiger partial charge is 0.350 e. The highest BCUT2D eigenvalue weighted by Crippen LogP contribution is 2.33. The van der Waals surface area contributed by atoms with Gasteiger partial charge in [-0.15, -0.1) is 0 Å². The number of rotatable bonds is 5. The van der Waals surface area contributed by atoms with Gasteiger partial charge in [0.05, 0.1) is 15.2 Å². The minimum Gasteiger partial charge on any atom is -0.350 e. The van der Waals surface area contributed by atoms with Crippen LogP contribution in [0.5, 0.6) is 0 Å². The molecule has 1 heterocycles. The molecule has 0 atom stereocenters. The third kappa shape index (κ3) is 4.95. The molecule has 0 fully saturated rings. The Morgan fingerprint density at radius 1 is 1.11 bits per heavy atom. The lowest BCUT2D eigenvalue weighted by atomic mass is 10.2.